The molecule has 8 heteroatoms. The highest BCUT2D eigenvalue weighted by molar-refractivity contribution is 6.09. The van der Waals surface area contributed by atoms with E-state index in [2.05, 4.69) is 15.4 Å². The maximum Gasteiger partial charge on any atom is 0.325 e. The number of benzene rings is 1. The topological polar surface area (TPSA) is 105 Å². The summed E-state index contributed by atoms with van der Waals surface area (Å²) >= 11 is 0. The molecule has 146 valence electrons. The van der Waals surface area contributed by atoms with Gasteiger partial charge in [0.05, 0.1) is 7.11 Å². The van der Waals surface area contributed by atoms with E-state index in [0.29, 0.717) is 24.8 Å². The van der Waals surface area contributed by atoms with Gasteiger partial charge in [0.15, 0.2) is 0 Å². The van der Waals surface area contributed by atoms with Crippen LogP contribution in [0.15, 0.2) is 30.3 Å². The van der Waals surface area contributed by atoms with Crippen LogP contribution < -0.4 is 10.6 Å². The number of hydrogen-bond acceptors (Lipinski definition) is 5. The van der Waals surface area contributed by atoms with Crippen molar-refractivity contribution in [3.8, 4) is 0 Å². The number of rotatable bonds is 9. The quantitative estimate of drug-likeness (QED) is 0.385. The van der Waals surface area contributed by atoms with Crippen molar-refractivity contribution in [2.75, 3.05) is 20.2 Å². The smallest absolute Gasteiger partial charge is 0.325 e. The molecule has 1 heterocycles. The van der Waals surface area contributed by atoms with Gasteiger partial charge in [-0.25, -0.2) is 4.79 Å². The van der Waals surface area contributed by atoms with Gasteiger partial charge in [0.25, 0.3) is 5.91 Å². The van der Waals surface area contributed by atoms with E-state index < -0.39 is 23.4 Å². The summed E-state index contributed by atoms with van der Waals surface area (Å²) in [5.74, 6) is -1.24. The molecule has 4 amide bonds. The van der Waals surface area contributed by atoms with Crippen LogP contribution in [0, 0.1) is 0 Å². The van der Waals surface area contributed by atoms with Gasteiger partial charge in [0, 0.05) is 13.0 Å². The minimum Gasteiger partial charge on any atom is -0.469 e. The zero-order valence-corrected chi connectivity index (χ0v) is 15.6. The molecular formula is C19H25N3O5. The lowest BCUT2D eigenvalue weighted by molar-refractivity contribution is -0.140. The molecule has 2 rings (SSSR count). The van der Waals surface area contributed by atoms with Crippen molar-refractivity contribution in [3.05, 3.63) is 35.9 Å². The Labute approximate surface area is 158 Å². The lowest BCUT2D eigenvalue weighted by Crippen LogP contribution is -2.45. The number of nitrogens with one attached hydrogen (secondary N) is 2. The van der Waals surface area contributed by atoms with Gasteiger partial charge in [-0.2, -0.15) is 0 Å². The van der Waals surface area contributed by atoms with E-state index in [0.717, 1.165) is 4.90 Å². The highest BCUT2D eigenvalue weighted by atomic mass is 16.5. The molecule has 2 N–H and O–H groups in total. The molecule has 0 saturated carbocycles. The summed E-state index contributed by atoms with van der Waals surface area (Å²) in [4.78, 5) is 49.5. The molecule has 0 unspecified atom stereocenters. The predicted molar refractivity (Wildman–Crippen MR) is 97.5 cm³/mol. The predicted octanol–water partition coefficient (Wildman–Crippen LogP) is 1.30. The summed E-state index contributed by atoms with van der Waals surface area (Å²) in [6.07, 6.45) is 1.74. The van der Waals surface area contributed by atoms with Gasteiger partial charge in [0.2, 0.25) is 5.91 Å². The molecule has 0 radical (unpaired) electrons. The standard InChI is InChI=1S/C19H25N3O5/c1-3-11-19(14-8-5-4-6-9-14)17(25)22(18(26)21-19)13-15(23)20-12-7-10-16(24)27-2/h4-6,8-9H,3,7,10-13H2,1-2H3,(H,20,23)(H,21,26)/t19-/m0/s1. The number of carbonyl (C=O) groups excluding carboxylic acids is 4. The lowest BCUT2D eigenvalue weighted by atomic mass is 9.85. The van der Waals surface area contributed by atoms with E-state index in [4.69, 9.17) is 0 Å². The molecule has 0 spiro atoms. The van der Waals surface area contributed by atoms with Crippen LogP contribution in [-0.4, -0.2) is 48.9 Å². The lowest BCUT2D eigenvalue weighted by Gasteiger charge is -2.26. The monoisotopic (exact) mass is 375 g/mol. The van der Waals surface area contributed by atoms with Gasteiger partial charge >= 0.3 is 12.0 Å². The fourth-order valence-electron chi connectivity index (χ4n) is 3.14. The maximum atomic E-state index is 13.0. The highest BCUT2D eigenvalue weighted by Gasteiger charge is 2.52. The largest absolute Gasteiger partial charge is 0.469 e. The van der Waals surface area contributed by atoms with Gasteiger partial charge in [0.1, 0.15) is 12.1 Å². The van der Waals surface area contributed by atoms with E-state index in [1.165, 1.54) is 7.11 Å². The number of carbonyl (C=O) groups is 4. The number of nitrogens with zero attached hydrogens (tertiary/aromatic N) is 1. The first-order chi connectivity index (χ1) is 12.9. The van der Waals surface area contributed by atoms with E-state index in [9.17, 15) is 19.2 Å². The van der Waals surface area contributed by atoms with Gasteiger partial charge in [-0.05, 0) is 18.4 Å². The molecule has 27 heavy (non-hydrogen) atoms. The molecule has 1 aliphatic rings. The van der Waals surface area contributed by atoms with Gasteiger partial charge in [-0.1, -0.05) is 43.7 Å². The van der Waals surface area contributed by atoms with Crippen molar-refractivity contribution < 1.29 is 23.9 Å². The highest BCUT2D eigenvalue weighted by Crippen LogP contribution is 2.33. The molecule has 1 aromatic carbocycles. The molecule has 1 aliphatic heterocycles. The van der Waals surface area contributed by atoms with Crippen molar-refractivity contribution >= 4 is 23.8 Å². The average Bonchev–Trinajstić information content (AvgIpc) is 2.91. The first-order valence-electron chi connectivity index (χ1n) is 8.97. The molecule has 1 fully saturated rings. The van der Waals surface area contributed by atoms with Crippen LogP contribution in [0.25, 0.3) is 0 Å². The van der Waals surface area contributed by atoms with Crippen LogP contribution >= 0.6 is 0 Å². The minimum absolute atomic E-state index is 0.188. The molecular weight excluding hydrogens is 350 g/mol. The molecule has 1 aromatic rings. The zero-order chi connectivity index (χ0) is 19.9. The van der Waals surface area contributed by atoms with Crippen LogP contribution in [0.5, 0.6) is 0 Å². The number of amides is 4. The Kier molecular flexibility index (Phi) is 6.92. The second-order valence-electron chi connectivity index (χ2n) is 6.37. The van der Waals surface area contributed by atoms with E-state index >= 15 is 0 Å². The summed E-state index contributed by atoms with van der Waals surface area (Å²) < 4.78 is 4.52. The van der Waals surface area contributed by atoms with Gasteiger partial charge < -0.3 is 15.4 Å². The van der Waals surface area contributed by atoms with Crippen LogP contribution in [-0.2, 0) is 24.7 Å². The van der Waals surface area contributed by atoms with Crippen LogP contribution in [0.4, 0.5) is 4.79 Å². The Balaban J connectivity index is 2.02. The second-order valence-corrected chi connectivity index (χ2v) is 6.37. The zero-order valence-electron chi connectivity index (χ0n) is 15.6. The molecule has 0 bridgehead atoms. The summed E-state index contributed by atoms with van der Waals surface area (Å²) in [5.41, 5.74) is -0.440. The van der Waals surface area contributed by atoms with Crippen LogP contribution in [0.2, 0.25) is 0 Å². The van der Waals surface area contributed by atoms with E-state index in [1.807, 2.05) is 25.1 Å². The van der Waals surface area contributed by atoms with Crippen molar-refractivity contribution in [3.63, 3.8) is 0 Å². The molecule has 1 saturated heterocycles. The van der Waals surface area contributed by atoms with Crippen molar-refractivity contribution in [1.29, 1.82) is 0 Å². The fourth-order valence-corrected chi connectivity index (χ4v) is 3.14. The first kappa shape index (κ1) is 20.4. The molecule has 1 atom stereocenters. The number of esters is 1. The number of hydrogen-bond donors (Lipinski definition) is 2. The van der Waals surface area contributed by atoms with Crippen molar-refractivity contribution in [1.82, 2.24) is 15.5 Å². The first-order valence-corrected chi connectivity index (χ1v) is 8.97. The van der Waals surface area contributed by atoms with E-state index in [1.54, 1.807) is 12.1 Å². The summed E-state index contributed by atoms with van der Waals surface area (Å²) in [6, 6.07) is 8.46. The normalized spacial score (nSPS) is 19.0. The van der Waals surface area contributed by atoms with Crippen LogP contribution in [0.3, 0.4) is 0 Å². The minimum atomic E-state index is -1.14. The molecule has 0 aliphatic carbocycles. The summed E-state index contributed by atoms with van der Waals surface area (Å²) in [6.45, 7) is 1.83. The Hall–Kier alpha value is -2.90. The summed E-state index contributed by atoms with van der Waals surface area (Å²) in [7, 11) is 1.30. The Morgan fingerprint density at radius 3 is 2.56 bits per heavy atom. The van der Waals surface area contributed by atoms with Gasteiger partial charge in [-0.3, -0.25) is 19.3 Å². The summed E-state index contributed by atoms with van der Waals surface area (Å²) in [5, 5.41) is 5.38. The number of ether oxygens (including phenoxy) is 1. The molecule has 0 aromatic heterocycles. The van der Waals surface area contributed by atoms with Crippen molar-refractivity contribution in [2.24, 2.45) is 0 Å². The Morgan fingerprint density at radius 2 is 1.93 bits per heavy atom. The number of imide groups is 1. The van der Waals surface area contributed by atoms with E-state index in [-0.39, 0.29) is 25.5 Å². The van der Waals surface area contributed by atoms with Crippen LogP contribution in [0.1, 0.15) is 38.2 Å². The Morgan fingerprint density at radius 1 is 1.22 bits per heavy atom. The van der Waals surface area contributed by atoms with Gasteiger partial charge in [-0.15, -0.1) is 0 Å². The molecule has 8 nitrogen and oxygen atoms in total. The SMILES string of the molecule is CCC[C@@]1(c2ccccc2)NC(=O)N(CC(=O)NCCCC(=O)OC)C1=O. The Bertz CT molecular complexity index is 707. The second kappa shape index (κ2) is 9.16. The third-order valence-corrected chi connectivity index (χ3v) is 4.48. The third kappa shape index (κ3) is 4.64. The van der Waals surface area contributed by atoms with Crippen molar-refractivity contribution in [2.45, 2.75) is 38.1 Å². The average molecular weight is 375 g/mol. The maximum absolute atomic E-state index is 13.0. The number of urea groups is 1. The third-order valence-electron chi connectivity index (χ3n) is 4.48. The number of methoxy groups -OCH3 is 1. The fraction of sp³-hybridized carbons (Fsp3) is 0.474.